The highest BCUT2D eigenvalue weighted by molar-refractivity contribution is 7.13. The van der Waals surface area contributed by atoms with E-state index in [0.717, 1.165) is 24.5 Å². The molecule has 1 aromatic carbocycles. The monoisotopic (exact) mass is 304 g/mol. The molecule has 110 valence electrons. The predicted molar refractivity (Wildman–Crippen MR) is 85.9 cm³/mol. The van der Waals surface area contributed by atoms with Crippen LogP contribution in [0, 0.1) is 12.7 Å². The van der Waals surface area contributed by atoms with Crippen molar-refractivity contribution in [3.8, 4) is 0 Å². The van der Waals surface area contributed by atoms with Gasteiger partial charge in [-0.2, -0.15) is 5.10 Å². The molecule has 4 nitrogen and oxygen atoms in total. The van der Waals surface area contributed by atoms with Gasteiger partial charge in [-0.25, -0.2) is 9.37 Å². The number of hydrogen-bond donors (Lipinski definition) is 1. The number of nitrogens with zero attached hydrogens (tertiary/aromatic N) is 3. The highest BCUT2D eigenvalue weighted by Gasteiger charge is 2.13. The summed E-state index contributed by atoms with van der Waals surface area (Å²) in [5.74, 6) is -0.250. The highest BCUT2D eigenvalue weighted by atomic mass is 32.1. The zero-order chi connectivity index (χ0) is 14.7. The van der Waals surface area contributed by atoms with Gasteiger partial charge in [0.1, 0.15) is 5.82 Å². The number of benzene rings is 1. The predicted octanol–water partition coefficient (Wildman–Crippen LogP) is 3.64. The molecule has 1 N–H and O–H groups in total. The molecule has 1 fully saturated rings. The average Bonchev–Trinajstić information content (AvgIpc) is 3.12. The standard InChI is InChI=1S/C15H17FN4S/c1-11-10-21-15(18-11)19-17-9-12-4-5-13(8-14(12)16)20-6-2-3-7-20/h4-5,8-10H,2-3,6-7H2,1H3,(H,18,19). The Morgan fingerprint density at radius 1 is 1.38 bits per heavy atom. The minimum atomic E-state index is -0.250. The number of thiazole rings is 1. The minimum absolute atomic E-state index is 0.250. The van der Waals surface area contributed by atoms with Crippen molar-refractivity contribution in [3.63, 3.8) is 0 Å². The SMILES string of the molecule is Cc1csc(NN=Cc2ccc(N3CCCC3)cc2F)n1. The smallest absolute Gasteiger partial charge is 0.203 e. The van der Waals surface area contributed by atoms with Gasteiger partial charge in [0.15, 0.2) is 0 Å². The van der Waals surface area contributed by atoms with Crippen LogP contribution in [0.15, 0.2) is 28.7 Å². The summed E-state index contributed by atoms with van der Waals surface area (Å²) in [7, 11) is 0. The molecule has 0 unspecified atom stereocenters. The van der Waals surface area contributed by atoms with E-state index in [2.05, 4.69) is 20.4 Å². The summed E-state index contributed by atoms with van der Waals surface area (Å²) >= 11 is 1.47. The van der Waals surface area contributed by atoms with E-state index in [1.54, 1.807) is 12.1 Å². The fraction of sp³-hybridized carbons (Fsp3) is 0.333. The summed E-state index contributed by atoms with van der Waals surface area (Å²) in [5.41, 5.74) is 5.17. The van der Waals surface area contributed by atoms with Gasteiger partial charge < -0.3 is 4.90 Å². The third kappa shape index (κ3) is 3.39. The zero-order valence-electron chi connectivity index (χ0n) is 11.8. The van der Waals surface area contributed by atoms with Crippen molar-refractivity contribution in [2.75, 3.05) is 23.4 Å². The van der Waals surface area contributed by atoms with Crippen LogP contribution in [0.2, 0.25) is 0 Å². The van der Waals surface area contributed by atoms with Crippen LogP contribution in [-0.2, 0) is 0 Å². The van der Waals surface area contributed by atoms with E-state index in [1.807, 2.05) is 18.4 Å². The number of aryl methyl sites for hydroxylation is 1. The van der Waals surface area contributed by atoms with Crippen molar-refractivity contribution in [1.82, 2.24) is 4.98 Å². The molecule has 0 atom stereocenters. The number of nitrogens with one attached hydrogen (secondary N) is 1. The first-order chi connectivity index (χ1) is 10.2. The summed E-state index contributed by atoms with van der Waals surface area (Å²) < 4.78 is 14.1. The Morgan fingerprint density at radius 3 is 2.86 bits per heavy atom. The molecule has 0 radical (unpaired) electrons. The van der Waals surface area contributed by atoms with Crippen LogP contribution < -0.4 is 10.3 Å². The van der Waals surface area contributed by atoms with Gasteiger partial charge in [0, 0.05) is 29.7 Å². The van der Waals surface area contributed by atoms with Gasteiger partial charge in [-0.3, -0.25) is 5.43 Å². The number of hydrazone groups is 1. The maximum absolute atomic E-state index is 14.1. The van der Waals surface area contributed by atoms with E-state index in [0.29, 0.717) is 10.7 Å². The van der Waals surface area contributed by atoms with Crippen molar-refractivity contribution in [1.29, 1.82) is 0 Å². The quantitative estimate of drug-likeness (QED) is 0.692. The molecule has 0 saturated carbocycles. The van der Waals surface area contributed by atoms with Gasteiger partial charge in [0.25, 0.3) is 0 Å². The van der Waals surface area contributed by atoms with Gasteiger partial charge >= 0.3 is 0 Å². The fourth-order valence-corrected chi connectivity index (χ4v) is 2.99. The van der Waals surface area contributed by atoms with Gasteiger partial charge in [0.2, 0.25) is 5.13 Å². The van der Waals surface area contributed by atoms with Crippen molar-refractivity contribution < 1.29 is 4.39 Å². The van der Waals surface area contributed by atoms with E-state index in [4.69, 9.17) is 0 Å². The summed E-state index contributed by atoms with van der Waals surface area (Å²) in [6.07, 6.45) is 3.85. The fourth-order valence-electron chi connectivity index (χ4n) is 2.36. The number of rotatable bonds is 4. The van der Waals surface area contributed by atoms with Crippen molar-refractivity contribution >= 4 is 28.4 Å². The van der Waals surface area contributed by atoms with Gasteiger partial charge in [-0.1, -0.05) is 0 Å². The molecule has 1 aliphatic heterocycles. The van der Waals surface area contributed by atoms with E-state index in [9.17, 15) is 4.39 Å². The molecule has 6 heteroatoms. The number of halogens is 1. The summed E-state index contributed by atoms with van der Waals surface area (Å²) in [6.45, 7) is 3.94. The maximum atomic E-state index is 14.1. The van der Waals surface area contributed by atoms with Crippen LogP contribution in [0.1, 0.15) is 24.1 Å². The van der Waals surface area contributed by atoms with E-state index in [1.165, 1.54) is 30.4 Å². The molecule has 2 aromatic rings. The molecule has 0 spiro atoms. The molecular formula is C15H17FN4S. The van der Waals surface area contributed by atoms with Crippen LogP contribution in [0.3, 0.4) is 0 Å². The summed E-state index contributed by atoms with van der Waals surface area (Å²) in [6, 6.07) is 5.30. The lowest BCUT2D eigenvalue weighted by Gasteiger charge is -2.17. The molecule has 21 heavy (non-hydrogen) atoms. The van der Waals surface area contributed by atoms with Crippen molar-refractivity contribution in [3.05, 3.63) is 40.7 Å². The maximum Gasteiger partial charge on any atom is 0.203 e. The van der Waals surface area contributed by atoms with Crippen LogP contribution in [0.25, 0.3) is 0 Å². The third-order valence-corrected chi connectivity index (χ3v) is 4.30. The lowest BCUT2D eigenvalue weighted by molar-refractivity contribution is 0.625. The van der Waals surface area contributed by atoms with Gasteiger partial charge in [-0.15, -0.1) is 11.3 Å². The lowest BCUT2D eigenvalue weighted by Crippen LogP contribution is -2.17. The van der Waals surface area contributed by atoms with Crippen molar-refractivity contribution in [2.24, 2.45) is 5.10 Å². The Hall–Kier alpha value is -1.95. The van der Waals surface area contributed by atoms with Crippen LogP contribution >= 0.6 is 11.3 Å². The molecule has 1 aliphatic rings. The van der Waals surface area contributed by atoms with E-state index >= 15 is 0 Å². The first kappa shape index (κ1) is 14.0. The first-order valence-corrected chi connectivity index (χ1v) is 7.86. The molecule has 3 rings (SSSR count). The normalized spacial score (nSPS) is 15.0. The molecule has 2 heterocycles. The molecule has 0 amide bonds. The number of aromatic nitrogens is 1. The summed E-state index contributed by atoms with van der Waals surface area (Å²) in [5, 5.41) is 6.67. The molecular weight excluding hydrogens is 287 g/mol. The number of anilines is 2. The second-order valence-corrected chi connectivity index (χ2v) is 5.92. The molecule has 0 bridgehead atoms. The average molecular weight is 304 g/mol. The molecule has 1 saturated heterocycles. The summed E-state index contributed by atoms with van der Waals surface area (Å²) in [4.78, 5) is 6.43. The highest BCUT2D eigenvalue weighted by Crippen LogP contribution is 2.22. The van der Waals surface area contributed by atoms with Crippen LogP contribution in [0.4, 0.5) is 15.2 Å². The van der Waals surface area contributed by atoms with E-state index in [-0.39, 0.29) is 5.82 Å². The third-order valence-electron chi connectivity index (χ3n) is 3.44. The van der Waals surface area contributed by atoms with E-state index < -0.39 is 0 Å². The van der Waals surface area contributed by atoms with Crippen molar-refractivity contribution in [2.45, 2.75) is 19.8 Å². The van der Waals surface area contributed by atoms with Gasteiger partial charge in [0.05, 0.1) is 11.9 Å². The topological polar surface area (TPSA) is 40.5 Å². The Balaban J connectivity index is 1.67. The molecule has 1 aromatic heterocycles. The Bertz CT molecular complexity index is 647. The Labute approximate surface area is 127 Å². The Morgan fingerprint density at radius 2 is 2.19 bits per heavy atom. The second kappa shape index (κ2) is 6.22. The first-order valence-electron chi connectivity index (χ1n) is 6.98. The Kier molecular flexibility index (Phi) is 4.15. The second-order valence-electron chi connectivity index (χ2n) is 5.06. The largest absolute Gasteiger partial charge is 0.371 e. The zero-order valence-corrected chi connectivity index (χ0v) is 12.7. The lowest BCUT2D eigenvalue weighted by atomic mass is 10.2. The number of hydrogen-bond acceptors (Lipinski definition) is 5. The van der Waals surface area contributed by atoms with Gasteiger partial charge in [-0.05, 0) is 38.0 Å². The molecule has 0 aliphatic carbocycles. The van der Waals surface area contributed by atoms with Crippen LogP contribution in [-0.4, -0.2) is 24.3 Å². The van der Waals surface area contributed by atoms with Crippen LogP contribution in [0.5, 0.6) is 0 Å². The minimum Gasteiger partial charge on any atom is -0.371 e.